The SMILES string of the molecule is CCCCCCCCCCCCCCCC(=O)OC[C@H](COP(=O)(O)OCCn1c(C=O)ccc1CO)OC(=O)CCCCCCCCCCCCCCC. The van der Waals surface area contributed by atoms with Crippen LogP contribution < -0.4 is 0 Å². The molecular formula is C43H78NO10P. The number of aliphatic hydroxyl groups is 1. The van der Waals surface area contributed by atoms with Crippen LogP contribution in [0, 0.1) is 0 Å². The highest BCUT2D eigenvalue weighted by atomic mass is 31.2. The van der Waals surface area contributed by atoms with E-state index in [-0.39, 0.29) is 44.9 Å². The molecule has 1 aromatic heterocycles. The Bertz CT molecular complexity index is 1140. The predicted molar refractivity (Wildman–Crippen MR) is 219 cm³/mol. The summed E-state index contributed by atoms with van der Waals surface area (Å²) in [6.45, 7) is 3.11. The number of aliphatic hydroxyl groups excluding tert-OH is 1. The van der Waals surface area contributed by atoms with E-state index in [1.165, 1.54) is 126 Å². The number of ether oxygens (including phenoxy) is 2. The average Bonchev–Trinajstić information content (AvgIpc) is 3.58. The molecule has 0 aliphatic heterocycles. The second-order valence-electron chi connectivity index (χ2n) is 15.1. The van der Waals surface area contributed by atoms with Gasteiger partial charge < -0.3 is 24.0 Å². The van der Waals surface area contributed by atoms with Gasteiger partial charge in [0.05, 0.1) is 25.5 Å². The smallest absolute Gasteiger partial charge is 0.462 e. The summed E-state index contributed by atoms with van der Waals surface area (Å²) in [6.07, 6.45) is 31.1. The van der Waals surface area contributed by atoms with Gasteiger partial charge in [-0.1, -0.05) is 168 Å². The Labute approximate surface area is 333 Å². The van der Waals surface area contributed by atoms with Crippen molar-refractivity contribution in [2.24, 2.45) is 0 Å². The second kappa shape index (κ2) is 35.1. The lowest BCUT2D eigenvalue weighted by Gasteiger charge is -2.20. The maximum Gasteiger partial charge on any atom is 0.472 e. The van der Waals surface area contributed by atoms with Crippen molar-refractivity contribution in [2.45, 2.75) is 213 Å². The number of rotatable bonds is 40. The lowest BCUT2D eigenvalue weighted by Crippen LogP contribution is -2.29. The number of hydrogen-bond acceptors (Lipinski definition) is 9. The molecule has 12 heteroatoms. The summed E-state index contributed by atoms with van der Waals surface area (Å²) in [4.78, 5) is 46.9. The van der Waals surface area contributed by atoms with Crippen LogP contribution in [0.1, 0.15) is 210 Å². The number of nitrogens with zero attached hydrogens (tertiary/aromatic N) is 1. The number of unbranched alkanes of at least 4 members (excludes halogenated alkanes) is 24. The lowest BCUT2D eigenvalue weighted by atomic mass is 10.0. The summed E-state index contributed by atoms with van der Waals surface area (Å²) in [6, 6.07) is 3.11. The Morgan fingerprint density at radius 1 is 0.655 bits per heavy atom. The number of hydrogen-bond donors (Lipinski definition) is 2. The van der Waals surface area contributed by atoms with Crippen molar-refractivity contribution in [3.05, 3.63) is 23.5 Å². The van der Waals surface area contributed by atoms with E-state index in [0.717, 1.165) is 38.5 Å². The minimum Gasteiger partial charge on any atom is -0.462 e. The van der Waals surface area contributed by atoms with Crippen molar-refractivity contribution in [3.8, 4) is 0 Å². The van der Waals surface area contributed by atoms with Gasteiger partial charge >= 0.3 is 19.8 Å². The summed E-state index contributed by atoms with van der Waals surface area (Å²) < 4.78 is 35.4. The summed E-state index contributed by atoms with van der Waals surface area (Å²) in [5.41, 5.74) is 0.743. The van der Waals surface area contributed by atoms with E-state index >= 15 is 0 Å². The molecule has 11 nitrogen and oxygen atoms in total. The number of phosphoric acid groups is 1. The van der Waals surface area contributed by atoms with E-state index in [2.05, 4.69) is 13.8 Å². The Morgan fingerprint density at radius 2 is 1.09 bits per heavy atom. The highest BCUT2D eigenvalue weighted by Crippen LogP contribution is 2.43. The molecule has 1 aromatic rings. The van der Waals surface area contributed by atoms with Gasteiger partial charge in [-0.3, -0.25) is 23.4 Å². The Hall–Kier alpha value is -2.04. The molecule has 0 fully saturated rings. The van der Waals surface area contributed by atoms with E-state index in [4.69, 9.17) is 18.5 Å². The molecule has 55 heavy (non-hydrogen) atoms. The van der Waals surface area contributed by atoms with Crippen molar-refractivity contribution >= 4 is 26.0 Å². The van der Waals surface area contributed by atoms with Crippen molar-refractivity contribution in [2.75, 3.05) is 19.8 Å². The molecule has 1 heterocycles. The van der Waals surface area contributed by atoms with E-state index in [0.29, 0.717) is 24.8 Å². The summed E-state index contributed by atoms with van der Waals surface area (Å²) >= 11 is 0. The monoisotopic (exact) mass is 800 g/mol. The quantitative estimate of drug-likeness (QED) is 0.0284. The molecule has 0 aromatic carbocycles. The third-order valence-corrected chi connectivity index (χ3v) is 11.1. The zero-order chi connectivity index (χ0) is 40.2. The Kier molecular flexibility index (Phi) is 32.6. The zero-order valence-electron chi connectivity index (χ0n) is 34.7. The fourth-order valence-electron chi connectivity index (χ4n) is 6.70. The van der Waals surface area contributed by atoms with Crippen LogP contribution in [-0.4, -0.2) is 58.7 Å². The topological polar surface area (TPSA) is 151 Å². The van der Waals surface area contributed by atoms with Crippen LogP contribution in [0.3, 0.4) is 0 Å². The van der Waals surface area contributed by atoms with Gasteiger partial charge in [-0.15, -0.1) is 0 Å². The number of aromatic nitrogens is 1. The van der Waals surface area contributed by atoms with Crippen molar-refractivity contribution in [3.63, 3.8) is 0 Å². The molecule has 0 saturated carbocycles. The first-order valence-electron chi connectivity index (χ1n) is 22.0. The number of carbonyl (C=O) groups excluding carboxylic acids is 3. The Morgan fingerprint density at radius 3 is 1.53 bits per heavy atom. The first-order valence-corrected chi connectivity index (χ1v) is 23.5. The minimum atomic E-state index is -4.59. The van der Waals surface area contributed by atoms with Crippen molar-refractivity contribution in [1.82, 2.24) is 4.57 Å². The molecule has 2 N–H and O–H groups in total. The number of esters is 2. The molecule has 2 atom stereocenters. The van der Waals surface area contributed by atoms with E-state index in [1.807, 2.05) is 0 Å². The van der Waals surface area contributed by atoms with Crippen molar-refractivity contribution < 1.29 is 47.5 Å². The molecule has 320 valence electrons. The summed E-state index contributed by atoms with van der Waals surface area (Å²) in [5.74, 6) is -0.898. The van der Waals surface area contributed by atoms with Crippen LogP contribution in [0.4, 0.5) is 0 Å². The summed E-state index contributed by atoms with van der Waals surface area (Å²) in [7, 11) is -4.59. The van der Waals surface area contributed by atoms with Crippen LogP contribution in [0.15, 0.2) is 12.1 Å². The van der Waals surface area contributed by atoms with Gasteiger partial charge in [0.25, 0.3) is 0 Å². The number of carbonyl (C=O) groups is 3. The van der Waals surface area contributed by atoms with Gasteiger partial charge in [-0.25, -0.2) is 4.57 Å². The molecule has 0 amide bonds. The Balaban J connectivity index is 2.43. The standard InChI is InChI=1S/C43H78NO10P/c1-3-5-7-9-11-13-15-17-19-21-23-25-27-29-42(47)51-37-41(38-53-55(49,50)52-34-33-44-39(35-45)31-32-40(44)36-46)54-43(48)30-28-26-24-22-20-18-16-14-12-10-8-6-4-2/h31-32,35,41,46H,3-30,33-34,36-38H2,1-2H3,(H,49,50)/t41-/m1/s1. The van der Waals surface area contributed by atoms with E-state index in [1.54, 1.807) is 6.07 Å². The zero-order valence-corrected chi connectivity index (χ0v) is 35.6. The van der Waals surface area contributed by atoms with Crippen LogP contribution >= 0.6 is 7.82 Å². The third-order valence-electron chi connectivity index (χ3n) is 10.1. The molecular weight excluding hydrogens is 721 g/mol. The maximum absolute atomic E-state index is 12.7. The highest BCUT2D eigenvalue weighted by Gasteiger charge is 2.26. The normalized spacial score (nSPS) is 13.1. The van der Waals surface area contributed by atoms with Crippen LogP contribution in [0.5, 0.6) is 0 Å². The van der Waals surface area contributed by atoms with Gasteiger partial charge in [0.15, 0.2) is 12.4 Å². The molecule has 0 saturated heterocycles. The van der Waals surface area contributed by atoms with Crippen LogP contribution in [0.25, 0.3) is 0 Å². The third kappa shape index (κ3) is 28.9. The molecule has 1 rings (SSSR count). The van der Waals surface area contributed by atoms with Crippen LogP contribution in [-0.2, 0) is 45.8 Å². The van der Waals surface area contributed by atoms with Gasteiger partial charge in [-0.2, -0.15) is 0 Å². The molecule has 0 radical (unpaired) electrons. The largest absolute Gasteiger partial charge is 0.472 e. The highest BCUT2D eigenvalue weighted by molar-refractivity contribution is 7.47. The molecule has 0 spiro atoms. The first-order chi connectivity index (χ1) is 26.8. The average molecular weight is 800 g/mol. The number of phosphoric ester groups is 1. The van der Waals surface area contributed by atoms with E-state index < -0.39 is 32.5 Å². The van der Waals surface area contributed by atoms with Crippen LogP contribution in [0.2, 0.25) is 0 Å². The molecule has 0 aliphatic rings. The van der Waals surface area contributed by atoms with Gasteiger partial charge in [0, 0.05) is 25.1 Å². The second-order valence-corrected chi connectivity index (χ2v) is 16.5. The van der Waals surface area contributed by atoms with E-state index in [9.17, 15) is 28.9 Å². The van der Waals surface area contributed by atoms with Crippen molar-refractivity contribution in [1.29, 1.82) is 0 Å². The first kappa shape index (κ1) is 51.0. The fraction of sp³-hybridized carbons (Fsp3) is 0.837. The summed E-state index contributed by atoms with van der Waals surface area (Å²) in [5, 5.41) is 9.50. The predicted octanol–water partition coefficient (Wildman–Crippen LogP) is 11.3. The fourth-order valence-corrected chi connectivity index (χ4v) is 7.44. The minimum absolute atomic E-state index is 0.0270. The maximum atomic E-state index is 12.7. The molecule has 0 aliphatic carbocycles. The molecule has 1 unspecified atom stereocenters. The number of aldehydes is 1. The molecule has 0 bridgehead atoms. The lowest BCUT2D eigenvalue weighted by molar-refractivity contribution is -0.161. The van der Waals surface area contributed by atoms with Gasteiger partial charge in [0.1, 0.15) is 6.61 Å². The van der Waals surface area contributed by atoms with Gasteiger partial charge in [0.2, 0.25) is 0 Å². The van der Waals surface area contributed by atoms with Gasteiger partial charge in [-0.05, 0) is 25.0 Å².